The van der Waals surface area contributed by atoms with Crippen LogP contribution in [0.5, 0.6) is 0 Å². The van der Waals surface area contributed by atoms with Gasteiger partial charge in [0.25, 0.3) is 5.69 Å². The van der Waals surface area contributed by atoms with Gasteiger partial charge in [-0.1, -0.05) is 6.42 Å². The number of nitrogens with two attached hydrogens (primary N) is 1. The maximum absolute atomic E-state index is 11.9. The van der Waals surface area contributed by atoms with E-state index in [1.54, 1.807) is 0 Å². The molecule has 0 aliphatic heterocycles. The van der Waals surface area contributed by atoms with E-state index in [1.807, 2.05) is 0 Å². The predicted octanol–water partition coefficient (Wildman–Crippen LogP) is 1.47. The molecule has 1 aromatic rings. The van der Waals surface area contributed by atoms with E-state index in [4.69, 9.17) is 5.73 Å². The van der Waals surface area contributed by atoms with Crippen molar-refractivity contribution in [3.05, 3.63) is 28.3 Å². The molecule has 0 saturated heterocycles. The molecule has 152 valence electrons. The Morgan fingerprint density at radius 3 is 2.59 bits per heavy atom. The highest BCUT2D eigenvalue weighted by atomic mass is 35.5. The summed E-state index contributed by atoms with van der Waals surface area (Å²) >= 11 is 0. The summed E-state index contributed by atoms with van der Waals surface area (Å²) in [6, 6.07) is 3.77. The van der Waals surface area contributed by atoms with Crippen molar-refractivity contribution in [2.75, 3.05) is 24.7 Å². The second-order valence-electron chi connectivity index (χ2n) is 6.54. The highest BCUT2D eigenvalue weighted by Crippen LogP contribution is 2.28. The Bertz CT molecular complexity index is 787. The van der Waals surface area contributed by atoms with E-state index in [0.29, 0.717) is 13.0 Å². The molecule has 0 spiro atoms. The van der Waals surface area contributed by atoms with Gasteiger partial charge in [0.2, 0.25) is 5.91 Å². The van der Waals surface area contributed by atoms with Gasteiger partial charge in [0.05, 0.1) is 9.82 Å². The highest BCUT2D eigenvalue weighted by molar-refractivity contribution is 7.90. The summed E-state index contributed by atoms with van der Waals surface area (Å²) in [7, 11) is -3.53. The molecule has 1 saturated carbocycles. The van der Waals surface area contributed by atoms with Crippen molar-refractivity contribution >= 4 is 39.5 Å². The van der Waals surface area contributed by atoms with Gasteiger partial charge in [0, 0.05) is 37.9 Å². The van der Waals surface area contributed by atoms with Gasteiger partial charge < -0.3 is 16.4 Å². The third-order valence-corrected chi connectivity index (χ3v) is 5.63. The molecule has 0 heterocycles. The first-order chi connectivity index (χ1) is 12.2. The summed E-state index contributed by atoms with van der Waals surface area (Å²) in [6.45, 7) is 0.577. The van der Waals surface area contributed by atoms with Crippen molar-refractivity contribution in [2.24, 2.45) is 11.7 Å². The van der Waals surface area contributed by atoms with Gasteiger partial charge in [-0.3, -0.25) is 14.9 Å². The van der Waals surface area contributed by atoms with Crippen LogP contribution < -0.4 is 16.4 Å². The summed E-state index contributed by atoms with van der Waals surface area (Å²) in [5.41, 5.74) is 5.83. The van der Waals surface area contributed by atoms with E-state index in [2.05, 4.69) is 10.6 Å². The Morgan fingerprint density at radius 2 is 2.04 bits per heavy atom. The van der Waals surface area contributed by atoms with Crippen LogP contribution >= 0.6 is 12.4 Å². The Balaban J connectivity index is 0.00000364. The van der Waals surface area contributed by atoms with Crippen LogP contribution in [0.25, 0.3) is 0 Å². The van der Waals surface area contributed by atoms with Crippen LogP contribution in [0.4, 0.5) is 11.4 Å². The molecule has 27 heavy (non-hydrogen) atoms. The van der Waals surface area contributed by atoms with Crippen molar-refractivity contribution in [1.82, 2.24) is 5.32 Å². The van der Waals surface area contributed by atoms with Crippen LogP contribution in [0.3, 0.4) is 0 Å². The normalized spacial score (nSPS) is 19.2. The molecule has 1 fully saturated rings. The van der Waals surface area contributed by atoms with Crippen LogP contribution in [0.15, 0.2) is 23.1 Å². The summed E-state index contributed by atoms with van der Waals surface area (Å²) < 4.78 is 23.0. The minimum absolute atomic E-state index is 0. The second kappa shape index (κ2) is 9.86. The first kappa shape index (κ1) is 23.1. The number of halogens is 1. The summed E-state index contributed by atoms with van der Waals surface area (Å²) in [5.74, 6) is 0.128. The minimum atomic E-state index is -3.53. The minimum Gasteiger partial charge on any atom is -0.378 e. The number of anilines is 1. The molecule has 0 aromatic heterocycles. The van der Waals surface area contributed by atoms with Crippen LogP contribution in [0.2, 0.25) is 0 Å². The number of sulfone groups is 1. The maximum Gasteiger partial charge on any atom is 0.293 e. The lowest BCUT2D eigenvalue weighted by Crippen LogP contribution is -2.33. The molecule has 9 nitrogen and oxygen atoms in total. The van der Waals surface area contributed by atoms with E-state index in [1.165, 1.54) is 12.1 Å². The number of amides is 1. The van der Waals surface area contributed by atoms with Crippen molar-refractivity contribution in [1.29, 1.82) is 0 Å². The zero-order chi connectivity index (χ0) is 19.3. The number of nitrogens with one attached hydrogen (secondary N) is 2. The quantitative estimate of drug-likeness (QED) is 0.328. The van der Waals surface area contributed by atoms with E-state index >= 15 is 0 Å². The van der Waals surface area contributed by atoms with Gasteiger partial charge in [-0.2, -0.15) is 0 Å². The van der Waals surface area contributed by atoms with Crippen molar-refractivity contribution in [3.63, 3.8) is 0 Å². The van der Waals surface area contributed by atoms with Gasteiger partial charge in [-0.15, -0.1) is 12.4 Å². The largest absolute Gasteiger partial charge is 0.378 e. The van der Waals surface area contributed by atoms with Crippen molar-refractivity contribution in [2.45, 2.75) is 36.6 Å². The number of rotatable bonds is 8. The molecule has 0 bridgehead atoms. The third kappa shape index (κ3) is 6.64. The topological polar surface area (TPSA) is 144 Å². The van der Waals surface area contributed by atoms with Gasteiger partial charge in [0.15, 0.2) is 9.84 Å². The zero-order valence-electron chi connectivity index (χ0n) is 15.0. The van der Waals surface area contributed by atoms with Crippen LogP contribution in [0, 0.1) is 16.0 Å². The van der Waals surface area contributed by atoms with Crippen LogP contribution in [0.1, 0.15) is 25.7 Å². The number of hydrogen-bond acceptors (Lipinski definition) is 7. The Kier molecular flexibility index (Phi) is 8.45. The average molecular weight is 421 g/mol. The van der Waals surface area contributed by atoms with Gasteiger partial charge in [-0.05, 0) is 30.9 Å². The fourth-order valence-corrected chi connectivity index (χ4v) is 3.71. The standard InChI is InChI=1S/C16H24N4O5S.ClH/c1-26(24,25)12-5-6-14(15(10-12)20(22)23)18-7-8-19-16(21)9-11-3-2-4-13(11)17;/h5-6,10-11,13,18H,2-4,7-9,17H2,1H3,(H,19,21);1H/t11-,13+;/m0./s1. The number of nitro benzene ring substituents is 1. The fraction of sp³-hybridized carbons (Fsp3) is 0.562. The summed E-state index contributed by atoms with van der Waals surface area (Å²) in [6.07, 6.45) is 4.35. The molecule has 1 amide bonds. The van der Waals surface area contributed by atoms with E-state index in [9.17, 15) is 23.3 Å². The van der Waals surface area contributed by atoms with E-state index in [0.717, 1.165) is 31.6 Å². The highest BCUT2D eigenvalue weighted by Gasteiger charge is 2.25. The molecule has 1 aliphatic carbocycles. The lowest BCUT2D eigenvalue weighted by Gasteiger charge is -2.15. The monoisotopic (exact) mass is 420 g/mol. The van der Waals surface area contributed by atoms with Gasteiger partial charge in [0.1, 0.15) is 5.69 Å². The average Bonchev–Trinajstić information content (AvgIpc) is 2.95. The second-order valence-corrected chi connectivity index (χ2v) is 8.56. The smallest absolute Gasteiger partial charge is 0.293 e. The first-order valence-corrected chi connectivity index (χ1v) is 10.3. The van der Waals surface area contributed by atoms with Crippen LogP contribution in [-0.2, 0) is 14.6 Å². The molecule has 1 aromatic carbocycles. The SMILES string of the molecule is CS(=O)(=O)c1ccc(NCCNC(=O)C[C@@H]2CCC[C@H]2N)c([N+](=O)[O-])c1.Cl. The number of nitro groups is 1. The van der Waals surface area contributed by atoms with Crippen molar-refractivity contribution < 1.29 is 18.1 Å². The zero-order valence-corrected chi connectivity index (χ0v) is 16.6. The fourth-order valence-electron chi connectivity index (χ4n) is 3.07. The number of nitrogens with zero attached hydrogens (tertiary/aromatic N) is 1. The van der Waals surface area contributed by atoms with Crippen LogP contribution in [-0.4, -0.2) is 44.6 Å². The Labute approximate surface area is 164 Å². The third-order valence-electron chi connectivity index (χ3n) is 4.52. The molecule has 0 radical (unpaired) electrons. The Morgan fingerprint density at radius 1 is 1.33 bits per heavy atom. The molecule has 1 aliphatic rings. The van der Waals surface area contributed by atoms with Gasteiger partial charge >= 0.3 is 0 Å². The maximum atomic E-state index is 11.9. The molecule has 0 unspecified atom stereocenters. The number of benzene rings is 1. The molecular weight excluding hydrogens is 396 g/mol. The lowest BCUT2D eigenvalue weighted by atomic mass is 10.00. The predicted molar refractivity (Wildman–Crippen MR) is 105 cm³/mol. The lowest BCUT2D eigenvalue weighted by molar-refractivity contribution is -0.384. The summed E-state index contributed by atoms with van der Waals surface area (Å²) in [5, 5.41) is 16.8. The molecule has 11 heteroatoms. The Hall–Kier alpha value is -1.91. The molecule has 2 rings (SSSR count). The molecular formula is C16H25ClN4O5S. The van der Waals surface area contributed by atoms with E-state index < -0.39 is 14.8 Å². The number of carbonyl (C=O) groups is 1. The number of carbonyl (C=O) groups excluding carboxylic acids is 1. The van der Waals surface area contributed by atoms with Crippen molar-refractivity contribution in [3.8, 4) is 0 Å². The molecule has 4 N–H and O–H groups in total. The van der Waals surface area contributed by atoms with E-state index in [-0.39, 0.29) is 53.1 Å². The molecule has 2 atom stereocenters. The summed E-state index contributed by atoms with van der Waals surface area (Å²) in [4.78, 5) is 22.3. The van der Waals surface area contributed by atoms with Gasteiger partial charge in [-0.25, -0.2) is 8.42 Å². The number of hydrogen-bond donors (Lipinski definition) is 3. The first-order valence-electron chi connectivity index (χ1n) is 8.43.